The zero-order valence-corrected chi connectivity index (χ0v) is 42.8. The van der Waals surface area contributed by atoms with Gasteiger partial charge in [0, 0.05) is 22.5 Å². The van der Waals surface area contributed by atoms with E-state index in [-0.39, 0.29) is 0 Å². The molecule has 5 heteroatoms. The van der Waals surface area contributed by atoms with E-state index in [0.29, 0.717) is 17.6 Å². The second-order valence-electron chi connectivity index (χ2n) is 19.4. The van der Waals surface area contributed by atoms with E-state index in [9.17, 15) is 0 Å². The second-order valence-corrected chi connectivity index (χ2v) is 19.4. The van der Waals surface area contributed by atoms with E-state index in [1.165, 1.54) is 44.8 Å². The highest BCUT2D eigenvalue weighted by Gasteiger charge is 2.25. The zero-order chi connectivity index (χ0) is 50.7. The summed E-state index contributed by atoms with van der Waals surface area (Å²) < 4.78 is 0. The van der Waals surface area contributed by atoms with Crippen LogP contribution >= 0.6 is 0 Å². The largest absolute Gasteiger partial charge is 0.309 e. The molecule has 0 aliphatic heterocycles. The number of aromatic nitrogens is 3. The Balaban J connectivity index is 1.17. The maximum atomic E-state index is 5.57. The first-order valence-electron chi connectivity index (χ1n) is 25.3. The Kier molecular flexibility index (Phi) is 13.1. The lowest BCUT2D eigenvalue weighted by Crippen LogP contribution is -2.17. The predicted octanol–water partition coefficient (Wildman–Crippen LogP) is 18.7. The Bertz CT molecular complexity index is 3540. The number of hydrogen-bond donors (Lipinski definition) is 0. The van der Waals surface area contributed by atoms with Gasteiger partial charge in [0.15, 0.2) is 11.6 Å². The molecule has 11 rings (SSSR count). The molecule has 0 aliphatic rings. The van der Waals surface area contributed by atoms with Gasteiger partial charge in [-0.25, -0.2) is 4.98 Å². The van der Waals surface area contributed by atoms with Crippen LogP contribution in [0.15, 0.2) is 237 Å². The average Bonchev–Trinajstić information content (AvgIpc) is 3.43. The van der Waals surface area contributed by atoms with Crippen molar-refractivity contribution in [3.63, 3.8) is 0 Å². The molecule has 0 saturated carbocycles. The van der Waals surface area contributed by atoms with Crippen LogP contribution in [0.3, 0.4) is 0 Å². The highest BCUT2D eigenvalue weighted by atomic mass is 15.3. The molecule has 0 radical (unpaired) electrons. The van der Waals surface area contributed by atoms with Gasteiger partial charge in [0.05, 0.1) is 17.1 Å². The molecule has 10 aromatic carbocycles. The molecule has 1 aromatic heterocycles. The molecular formula is C69H57N5. The standard InChI is InChI=1S/C69H57N5/c1-46-36-48(3)65(49(4)37-46)74(66-50(5)38-47(2)39-51(66)6)63-34-32-62(33-35-63)73(64-44-59(54-26-16-9-17-27-54)41-60(45-64)55-28-18-10-19-29-55)69-71-67(56-30-20-11-21-31-56)70-68(72-69)61-42-57(52-22-12-7-13-23-52)40-58(43-61)53-24-14-8-15-25-53/h7-45H,1-6H3. The number of anilines is 6. The summed E-state index contributed by atoms with van der Waals surface area (Å²) in [4.78, 5) is 21.0. The van der Waals surface area contributed by atoms with Gasteiger partial charge in [-0.3, -0.25) is 4.90 Å². The van der Waals surface area contributed by atoms with Crippen molar-refractivity contribution in [3.8, 4) is 67.3 Å². The number of aryl methyl sites for hydroxylation is 6. The third kappa shape index (κ3) is 9.76. The van der Waals surface area contributed by atoms with Gasteiger partial charge >= 0.3 is 0 Å². The minimum absolute atomic E-state index is 0.490. The van der Waals surface area contributed by atoms with Crippen LogP contribution < -0.4 is 9.80 Å². The molecule has 0 N–H and O–H groups in total. The number of benzene rings is 10. The molecule has 0 bridgehead atoms. The summed E-state index contributed by atoms with van der Waals surface area (Å²) in [5.41, 5.74) is 23.1. The van der Waals surface area contributed by atoms with Crippen LogP contribution in [0.2, 0.25) is 0 Å². The summed E-state index contributed by atoms with van der Waals surface area (Å²) in [6, 6.07) is 84.0. The van der Waals surface area contributed by atoms with E-state index < -0.39 is 0 Å². The topological polar surface area (TPSA) is 45.2 Å². The molecule has 74 heavy (non-hydrogen) atoms. The third-order valence-electron chi connectivity index (χ3n) is 13.7. The van der Waals surface area contributed by atoms with E-state index in [2.05, 4.69) is 270 Å². The average molecular weight is 956 g/mol. The SMILES string of the molecule is Cc1cc(C)c(N(c2ccc(N(c3cc(-c4ccccc4)cc(-c4ccccc4)c3)c3nc(-c4ccccc4)nc(-c4cc(-c5ccccc5)cc(-c5ccccc5)c4)n3)cc2)c2c(C)cc(C)cc2C)c(C)c1. The van der Waals surface area contributed by atoms with Crippen molar-refractivity contribution in [1.29, 1.82) is 0 Å². The van der Waals surface area contributed by atoms with Crippen LogP contribution in [0.4, 0.5) is 34.4 Å². The van der Waals surface area contributed by atoms with Gasteiger partial charge in [-0.1, -0.05) is 187 Å². The molecular weight excluding hydrogens is 899 g/mol. The van der Waals surface area contributed by atoms with E-state index in [1.807, 2.05) is 18.2 Å². The van der Waals surface area contributed by atoms with Gasteiger partial charge in [-0.05, 0) is 169 Å². The minimum Gasteiger partial charge on any atom is -0.309 e. The third-order valence-corrected chi connectivity index (χ3v) is 13.7. The Hall–Kier alpha value is -9.19. The first-order valence-corrected chi connectivity index (χ1v) is 25.3. The second kappa shape index (κ2) is 20.5. The Morgan fingerprint density at radius 3 is 0.905 bits per heavy atom. The monoisotopic (exact) mass is 955 g/mol. The summed E-state index contributed by atoms with van der Waals surface area (Å²) in [6.07, 6.45) is 0. The van der Waals surface area contributed by atoms with Crippen LogP contribution in [0.25, 0.3) is 67.3 Å². The van der Waals surface area contributed by atoms with E-state index in [0.717, 1.165) is 72.7 Å². The smallest absolute Gasteiger partial charge is 0.238 e. The Morgan fingerprint density at radius 2 is 0.541 bits per heavy atom. The summed E-state index contributed by atoms with van der Waals surface area (Å²) in [5.74, 6) is 1.63. The fourth-order valence-corrected chi connectivity index (χ4v) is 10.5. The molecule has 0 amide bonds. The van der Waals surface area contributed by atoms with E-state index in [1.54, 1.807) is 0 Å². The van der Waals surface area contributed by atoms with Crippen molar-refractivity contribution in [2.45, 2.75) is 41.5 Å². The zero-order valence-electron chi connectivity index (χ0n) is 42.8. The van der Waals surface area contributed by atoms with Crippen LogP contribution in [0.1, 0.15) is 33.4 Å². The summed E-state index contributed by atoms with van der Waals surface area (Å²) in [7, 11) is 0. The molecule has 0 saturated heterocycles. The number of nitrogens with zero attached hydrogens (tertiary/aromatic N) is 5. The molecule has 1 heterocycles. The van der Waals surface area contributed by atoms with Crippen molar-refractivity contribution in [1.82, 2.24) is 15.0 Å². The van der Waals surface area contributed by atoms with Crippen molar-refractivity contribution in [2.75, 3.05) is 9.80 Å². The first kappa shape index (κ1) is 47.2. The molecule has 0 unspecified atom stereocenters. The maximum absolute atomic E-state index is 5.57. The Morgan fingerprint density at radius 1 is 0.243 bits per heavy atom. The van der Waals surface area contributed by atoms with Gasteiger partial charge in [0.25, 0.3) is 0 Å². The minimum atomic E-state index is 0.490. The van der Waals surface area contributed by atoms with Crippen molar-refractivity contribution in [2.24, 2.45) is 0 Å². The van der Waals surface area contributed by atoms with Gasteiger partial charge in [-0.2, -0.15) is 9.97 Å². The summed E-state index contributed by atoms with van der Waals surface area (Å²) in [5, 5.41) is 0. The van der Waals surface area contributed by atoms with Crippen molar-refractivity contribution in [3.05, 3.63) is 270 Å². The molecule has 358 valence electrons. The van der Waals surface area contributed by atoms with Gasteiger partial charge in [0.1, 0.15) is 0 Å². The molecule has 0 atom stereocenters. The van der Waals surface area contributed by atoms with Gasteiger partial charge < -0.3 is 4.90 Å². The normalized spacial score (nSPS) is 11.1. The van der Waals surface area contributed by atoms with Gasteiger partial charge in [-0.15, -0.1) is 0 Å². The summed E-state index contributed by atoms with van der Waals surface area (Å²) in [6.45, 7) is 13.2. The van der Waals surface area contributed by atoms with Crippen molar-refractivity contribution >= 4 is 34.4 Å². The number of hydrogen-bond acceptors (Lipinski definition) is 5. The maximum Gasteiger partial charge on any atom is 0.238 e. The van der Waals surface area contributed by atoms with Crippen LogP contribution in [0, 0.1) is 41.5 Å². The van der Waals surface area contributed by atoms with E-state index >= 15 is 0 Å². The van der Waals surface area contributed by atoms with E-state index in [4.69, 9.17) is 15.0 Å². The molecule has 0 aliphatic carbocycles. The lowest BCUT2D eigenvalue weighted by atomic mass is 9.96. The highest BCUT2D eigenvalue weighted by Crippen LogP contribution is 2.45. The quantitative estimate of drug-likeness (QED) is 0.122. The van der Waals surface area contributed by atoms with Crippen LogP contribution in [0.5, 0.6) is 0 Å². The Labute approximate surface area is 435 Å². The summed E-state index contributed by atoms with van der Waals surface area (Å²) >= 11 is 0. The fraction of sp³-hybridized carbons (Fsp3) is 0.0870. The molecule has 11 aromatic rings. The predicted molar refractivity (Wildman–Crippen MR) is 310 cm³/mol. The molecule has 0 spiro atoms. The van der Waals surface area contributed by atoms with Crippen LogP contribution in [-0.2, 0) is 0 Å². The van der Waals surface area contributed by atoms with Gasteiger partial charge in [0.2, 0.25) is 5.95 Å². The molecule has 0 fully saturated rings. The number of rotatable bonds is 12. The van der Waals surface area contributed by atoms with Crippen molar-refractivity contribution < 1.29 is 0 Å². The van der Waals surface area contributed by atoms with Crippen LogP contribution in [-0.4, -0.2) is 15.0 Å². The lowest BCUT2D eigenvalue weighted by molar-refractivity contribution is 1.02. The fourth-order valence-electron chi connectivity index (χ4n) is 10.5. The lowest BCUT2D eigenvalue weighted by Gasteiger charge is -2.32. The molecule has 5 nitrogen and oxygen atoms in total. The highest BCUT2D eigenvalue weighted by molar-refractivity contribution is 5.88. The first-order chi connectivity index (χ1) is 36.1.